The van der Waals surface area contributed by atoms with Gasteiger partial charge in [-0.05, 0) is 24.6 Å². The van der Waals surface area contributed by atoms with E-state index in [-0.39, 0.29) is 11.9 Å². The highest BCUT2D eigenvalue weighted by atomic mass is 16.1. The van der Waals surface area contributed by atoms with E-state index in [1.54, 1.807) is 6.20 Å². The van der Waals surface area contributed by atoms with Crippen molar-refractivity contribution in [2.45, 2.75) is 13.0 Å². The number of carbonyl (C=O) groups excluding carboxylic acids is 1. The van der Waals surface area contributed by atoms with Gasteiger partial charge in [-0.3, -0.25) is 9.78 Å². The Bertz CT molecular complexity index is 763. The van der Waals surface area contributed by atoms with Crippen LogP contribution in [0, 0.1) is 0 Å². The molecule has 21 heavy (non-hydrogen) atoms. The summed E-state index contributed by atoms with van der Waals surface area (Å²) in [5, 5.41) is 4.00. The molecule has 1 atom stereocenters. The second-order valence-corrected chi connectivity index (χ2v) is 4.99. The fourth-order valence-electron chi connectivity index (χ4n) is 2.39. The van der Waals surface area contributed by atoms with Crippen LogP contribution in [0.4, 0.5) is 0 Å². The van der Waals surface area contributed by atoms with Crippen LogP contribution in [0.15, 0.2) is 66.9 Å². The smallest absolute Gasteiger partial charge is 0.253 e. The van der Waals surface area contributed by atoms with E-state index in [2.05, 4.69) is 10.3 Å². The molecule has 0 radical (unpaired) electrons. The lowest BCUT2D eigenvalue weighted by Gasteiger charge is -2.15. The van der Waals surface area contributed by atoms with Crippen LogP contribution in [0.2, 0.25) is 0 Å². The lowest BCUT2D eigenvalue weighted by Crippen LogP contribution is -2.26. The van der Waals surface area contributed by atoms with Gasteiger partial charge in [-0.25, -0.2) is 0 Å². The third-order valence-corrected chi connectivity index (χ3v) is 3.52. The van der Waals surface area contributed by atoms with E-state index in [9.17, 15) is 4.79 Å². The Morgan fingerprint density at radius 3 is 2.57 bits per heavy atom. The number of hydrogen-bond acceptors (Lipinski definition) is 2. The van der Waals surface area contributed by atoms with Crippen molar-refractivity contribution in [3.05, 3.63) is 78.0 Å². The van der Waals surface area contributed by atoms with Crippen LogP contribution in [-0.4, -0.2) is 10.9 Å². The summed E-state index contributed by atoms with van der Waals surface area (Å²) in [5.41, 5.74) is 2.42. The quantitative estimate of drug-likeness (QED) is 0.792. The first-order valence-electron chi connectivity index (χ1n) is 6.95. The first-order valence-corrected chi connectivity index (χ1v) is 6.95. The number of aromatic nitrogens is 1. The van der Waals surface area contributed by atoms with Gasteiger partial charge in [0, 0.05) is 11.6 Å². The maximum Gasteiger partial charge on any atom is 0.253 e. The van der Waals surface area contributed by atoms with Crippen LogP contribution in [0.3, 0.4) is 0 Å². The van der Waals surface area contributed by atoms with Crippen LogP contribution >= 0.6 is 0 Å². The standard InChI is InChI=1S/C18H16N2O/c1-13(14-7-3-2-4-8-14)20-18(21)16-11-5-9-15-10-6-12-19-17(15)16/h2-13H,1H3,(H,20,21). The van der Waals surface area contributed by atoms with E-state index >= 15 is 0 Å². The highest BCUT2D eigenvalue weighted by Gasteiger charge is 2.14. The molecule has 0 aliphatic carbocycles. The molecule has 1 N–H and O–H groups in total. The number of hydrogen-bond donors (Lipinski definition) is 1. The zero-order valence-electron chi connectivity index (χ0n) is 11.8. The number of nitrogens with one attached hydrogen (secondary N) is 1. The van der Waals surface area contributed by atoms with Crippen molar-refractivity contribution in [2.75, 3.05) is 0 Å². The molecular formula is C18H16N2O. The van der Waals surface area contributed by atoms with Gasteiger partial charge in [-0.2, -0.15) is 0 Å². The Balaban J connectivity index is 1.88. The van der Waals surface area contributed by atoms with Gasteiger partial charge in [0.05, 0.1) is 17.1 Å². The zero-order valence-corrected chi connectivity index (χ0v) is 11.8. The highest BCUT2D eigenvalue weighted by Crippen LogP contribution is 2.18. The maximum atomic E-state index is 12.5. The zero-order chi connectivity index (χ0) is 14.7. The van der Waals surface area contributed by atoms with Gasteiger partial charge in [0.1, 0.15) is 0 Å². The summed E-state index contributed by atoms with van der Waals surface area (Å²) in [6, 6.07) is 19.3. The van der Waals surface area contributed by atoms with Crippen LogP contribution in [0.1, 0.15) is 28.9 Å². The van der Waals surface area contributed by atoms with Gasteiger partial charge in [-0.15, -0.1) is 0 Å². The van der Waals surface area contributed by atoms with E-state index in [4.69, 9.17) is 0 Å². The molecule has 0 saturated carbocycles. The fraction of sp³-hybridized carbons (Fsp3) is 0.111. The largest absolute Gasteiger partial charge is 0.345 e. The van der Waals surface area contributed by atoms with E-state index in [0.29, 0.717) is 5.56 Å². The first-order chi connectivity index (χ1) is 10.3. The summed E-state index contributed by atoms with van der Waals surface area (Å²) in [7, 11) is 0. The topological polar surface area (TPSA) is 42.0 Å². The number of para-hydroxylation sites is 1. The molecule has 3 nitrogen and oxygen atoms in total. The molecule has 1 aromatic heterocycles. The minimum Gasteiger partial charge on any atom is -0.345 e. The molecule has 104 valence electrons. The van der Waals surface area contributed by atoms with Crippen molar-refractivity contribution < 1.29 is 4.79 Å². The first kappa shape index (κ1) is 13.3. The van der Waals surface area contributed by atoms with Gasteiger partial charge >= 0.3 is 0 Å². The fourth-order valence-corrected chi connectivity index (χ4v) is 2.39. The maximum absolute atomic E-state index is 12.5. The Labute approximate surface area is 123 Å². The van der Waals surface area contributed by atoms with E-state index in [0.717, 1.165) is 16.5 Å². The summed E-state index contributed by atoms with van der Waals surface area (Å²) < 4.78 is 0. The molecule has 2 aromatic carbocycles. The number of fused-ring (bicyclic) bond motifs is 1. The Kier molecular flexibility index (Phi) is 3.65. The van der Waals surface area contributed by atoms with Crippen molar-refractivity contribution in [1.29, 1.82) is 0 Å². The molecule has 0 aliphatic heterocycles. The van der Waals surface area contributed by atoms with Crippen molar-refractivity contribution in [3.8, 4) is 0 Å². The van der Waals surface area contributed by atoms with E-state index in [1.165, 1.54) is 0 Å². The predicted octanol–water partition coefficient (Wildman–Crippen LogP) is 3.73. The van der Waals surface area contributed by atoms with Crippen molar-refractivity contribution in [1.82, 2.24) is 10.3 Å². The predicted molar refractivity (Wildman–Crippen MR) is 84.1 cm³/mol. The van der Waals surface area contributed by atoms with Crippen molar-refractivity contribution in [3.63, 3.8) is 0 Å². The Morgan fingerprint density at radius 1 is 1.00 bits per heavy atom. The summed E-state index contributed by atoms with van der Waals surface area (Å²) in [5.74, 6) is -0.101. The molecule has 1 amide bonds. The summed E-state index contributed by atoms with van der Waals surface area (Å²) in [6.45, 7) is 1.98. The Morgan fingerprint density at radius 2 is 1.76 bits per heavy atom. The monoisotopic (exact) mass is 276 g/mol. The van der Waals surface area contributed by atoms with E-state index in [1.807, 2.05) is 67.6 Å². The molecule has 1 unspecified atom stereocenters. The van der Waals surface area contributed by atoms with Crippen LogP contribution in [-0.2, 0) is 0 Å². The van der Waals surface area contributed by atoms with Gasteiger partial charge in [0.2, 0.25) is 0 Å². The number of carbonyl (C=O) groups is 1. The third-order valence-electron chi connectivity index (χ3n) is 3.52. The molecular weight excluding hydrogens is 260 g/mol. The molecule has 1 heterocycles. The molecule has 0 spiro atoms. The summed E-state index contributed by atoms with van der Waals surface area (Å²) >= 11 is 0. The minimum atomic E-state index is -0.101. The van der Waals surface area contributed by atoms with Gasteiger partial charge in [-0.1, -0.05) is 48.5 Å². The normalized spacial score (nSPS) is 12.0. The lowest BCUT2D eigenvalue weighted by molar-refractivity contribution is 0.0941. The van der Waals surface area contributed by atoms with Gasteiger partial charge in [0.15, 0.2) is 0 Å². The number of rotatable bonds is 3. The van der Waals surface area contributed by atoms with Crippen LogP contribution in [0.25, 0.3) is 10.9 Å². The lowest BCUT2D eigenvalue weighted by atomic mass is 10.1. The highest BCUT2D eigenvalue weighted by molar-refractivity contribution is 6.05. The van der Waals surface area contributed by atoms with Crippen molar-refractivity contribution >= 4 is 16.8 Å². The molecule has 0 bridgehead atoms. The van der Waals surface area contributed by atoms with Crippen LogP contribution < -0.4 is 5.32 Å². The molecule has 0 saturated heterocycles. The molecule has 3 aromatic rings. The molecule has 3 heteroatoms. The molecule has 0 aliphatic rings. The van der Waals surface area contributed by atoms with Crippen molar-refractivity contribution in [2.24, 2.45) is 0 Å². The Hall–Kier alpha value is -2.68. The number of benzene rings is 2. The number of pyridine rings is 1. The van der Waals surface area contributed by atoms with Gasteiger partial charge < -0.3 is 5.32 Å². The minimum absolute atomic E-state index is 0.0438. The van der Waals surface area contributed by atoms with Crippen LogP contribution in [0.5, 0.6) is 0 Å². The van der Waals surface area contributed by atoms with E-state index < -0.39 is 0 Å². The van der Waals surface area contributed by atoms with Gasteiger partial charge in [0.25, 0.3) is 5.91 Å². The number of amides is 1. The second kappa shape index (κ2) is 5.75. The molecule has 0 fully saturated rings. The average molecular weight is 276 g/mol. The number of nitrogens with zero attached hydrogens (tertiary/aromatic N) is 1. The third kappa shape index (κ3) is 2.77. The SMILES string of the molecule is CC(NC(=O)c1cccc2cccnc12)c1ccccc1. The molecule has 3 rings (SSSR count). The summed E-state index contributed by atoms with van der Waals surface area (Å²) in [4.78, 5) is 16.8. The average Bonchev–Trinajstić information content (AvgIpc) is 2.55. The second-order valence-electron chi connectivity index (χ2n) is 4.99. The summed E-state index contributed by atoms with van der Waals surface area (Å²) in [6.07, 6.45) is 1.71.